The molecule has 0 radical (unpaired) electrons. The summed E-state index contributed by atoms with van der Waals surface area (Å²) < 4.78 is 0. The van der Waals surface area contributed by atoms with Crippen molar-refractivity contribution in [1.29, 1.82) is 0 Å². The topological polar surface area (TPSA) is 57.6 Å². The molecule has 1 aliphatic rings. The second-order valence-electron chi connectivity index (χ2n) is 4.74. The van der Waals surface area contributed by atoms with Crippen LogP contribution in [0.3, 0.4) is 0 Å². The molecule has 1 saturated heterocycles. The molecule has 0 unspecified atom stereocenters. The highest BCUT2D eigenvalue weighted by atomic mass is 35.5. The normalized spacial score (nSPS) is 19.2. The summed E-state index contributed by atoms with van der Waals surface area (Å²) in [6, 6.07) is 6.47. The van der Waals surface area contributed by atoms with Gasteiger partial charge in [-0.25, -0.2) is 4.79 Å². The molecule has 5 heteroatoms. The molecule has 2 rings (SSSR count). The third-order valence-corrected chi connectivity index (χ3v) is 3.73. The largest absolute Gasteiger partial charge is 0.480 e. The lowest BCUT2D eigenvalue weighted by molar-refractivity contribution is -0.150. The van der Waals surface area contributed by atoms with E-state index in [-0.39, 0.29) is 5.91 Å². The number of hydrogen-bond donors (Lipinski definition) is 1. The van der Waals surface area contributed by atoms with E-state index in [2.05, 4.69) is 0 Å². The number of benzene rings is 1. The second-order valence-corrected chi connectivity index (χ2v) is 5.14. The zero-order valence-corrected chi connectivity index (χ0v) is 11.7. The maximum atomic E-state index is 12.1. The lowest BCUT2D eigenvalue weighted by Crippen LogP contribution is -2.47. The van der Waals surface area contributed by atoms with Crippen molar-refractivity contribution in [3.8, 4) is 0 Å². The first kappa shape index (κ1) is 14.6. The zero-order valence-electron chi connectivity index (χ0n) is 11.0. The SMILES string of the molecule is O=C(O)[C@H]1CCCCN1C(=O)C=Cc1ccccc1Cl. The van der Waals surface area contributed by atoms with Gasteiger partial charge in [-0.05, 0) is 37.0 Å². The van der Waals surface area contributed by atoms with Gasteiger partial charge >= 0.3 is 5.97 Å². The summed E-state index contributed by atoms with van der Waals surface area (Å²) >= 11 is 6.00. The Morgan fingerprint density at radius 2 is 2.05 bits per heavy atom. The van der Waals surface area contributed by atoms with Gasteiger partial charge in [0.25, 0.3) is 0 Å². The van der Waals surface area contributed by atoms with E-state index in [9.17, 15) is 9.59 Å². The fourth-order valence-electron chi connectivity index (χ4n) is 2.32. The Morgan fingerprint density at radius 3 is 2.75 bits per heavy atom. The molecule has 1 aromatic carbocycles. The van der Waals surface area contributed by atoms with Crippen LogP contribution in [0.15, 0.2) is 30.3 Å². The van der Waals surface area contributed by atoms with Gasteiger partial charge in [0.1, 0.15) is 6.04 Å². The standard InChI is InChI=1S/C15H16ClNO3/c16-12-6-2-1-5-11(12)8-9-14(18)17-10-4-3-7-13(17)15(19)20/h1-2,5-6,8-9,13H,3-4,7,10H2,(H,19,20)/t13-/m1/s1. The highest BCUT2D eigenvalue weighted by Crippen LogP contribution is 2.19. The summed E-state index contributed by atoms with van der Waals surface area (Å²) in [6.07, 6.45) is 5.21. The molecule has 4 nitrogen and oxygen atoms in total. The number of rotatable bonds is 3. The highest BCUT2D eigenvalue weighted by molar-refractivity contribution is 6.32. The van der Waals surface area contributed by atoms with Crippen LogP contribution < -0.4 is 0 Å². The Morgan fingerprint density at radius 1 is 1.30 bits per heavy atom. The first-order valence-electron chi connectivity index (χ1n) is 6.55. The van der Waals surface area contributed by atoms with Crippen LogP contribution in [0.4, 0.5) is 0 Å². The molecule has 20 heavy (non-hydrogen) atoms. The average Bonchev–Trinajstić information content (AvgIpc) is 2.46. The molecule has 1 aromatic rings. The second kappa shape index (κ2) is 6.57. The van der Waals surface area contributed by atoms with Crippen LogP contribution in [0.1, 0.15) is 24.8 Å². The van der Waals surface area contributed by atoms with E-state index < -0.39 is 12.0 Å². The number of nitrogens with zero attached hydrogens (tertiary/aromatic N) is 1. The molecule has 0 aliphatic carbocycles. The molecule has 0 bridgehead atoms. The lowest BCUT2D eigenvalue weighted by Gasteiger charge is -2.32. The molecular formula is C15H16ClNO3. The summed E-state index contributed by atoms with van der Waals surface area (Å²) in [6.45, 7) is 0.489. The van der Waals surface area contributed by atoms with Crippen molar-refractivity contribution < 1.29 is 14.7 Å². The van der Waals surface area contributed by atoms with Crippen molar-refractivity contribution in [2.24, 2.45) is 0 Å². The van der Waals surface area contributed by atoms with Crippen molar-refractivity contribution >= 4 is 29.6 Å². The van der Waals surface area contributed by atoms with Crippen molar-refractivity contribution in [2.75, 3.05) is 6.54 Å². The van der Waals surface area contributed by atoms with Crippen molar-refractivity contribution in [3.05, 3.63) is 40.9 Å². The maximum absolute atomic E-state index is 12.1. The van der Waals surface area contributed by atoms with Gasteiger partial charge in [-0.3, -0.25) is 4.79 Å². The number of halogens is 1. The summed E-state index contributed by atoms with van der Waals surface area (Å²) in [5, 5.41) is 9.71. The van der Waals surface area contributed by atoms with Gasteiger partial charge in [-0.2, -0.15) is 0 Å². The number of carboxylic acid groups (broad SMARTS) is 1. The number of likely N-dealkylation sites (tertiary alicyclic amines) is 1. The maximum Gasteiger partial charge on any atom is 0.326 e. The van der Waals surface area contributed by atoms with E-state index in [0.29, 0.717) is 18.0 Å². The van der Waals surface area contributed by atoms with Crippen LogP contribution in [0.25, 0.3) is 6.08 Å². The monoisotopic (exact) mass is 293 g/mol. The number of carbonyl (C=O) groups excluding carboxylic acids is 1. The Bertz CT molecular complexity index is 542. The number of hydrogen-bond acceptors (Lipinski definition) is 2. The van der Waals surface area contributed by atoms with Gasteiger partial charge < -0.3 is 10.0 Å². The zero-order chi connectivity index (χ0) is 14.5. The van der Waals surface area contributed by atoms with E-state index in [4.69, 9.17) is 16.7 Å². The Balaban J connectivity index is 2.10. The van der Waals surface area contributed by atoms with E-state index in [1.165, 1.54) is 11.0 Å². The van der Waals surface area contributed by atoms with Crippen molar-refractivity contribution in [1.82, 2.24) is 4.90 Å². The summed E-state index contributed by atoms with van der Waals surface area (Å²) in [5.74, 6) is -1.22. The first-order valence-corrected chi connectivity index (χ1v) is 6.93. The van der Waals surface area contributed by atoms with Gasteiger partial charge in [0.15, 0.2) is 0 Å². The van der Waals surface area contributed by atoms with Gasteiger partial charge in [0.2, 0.25) is 5.91 Å². The van der Waals surface area contributed by atoms with Crippen LogP contribution in [0.2, 0.25) is 5.02 Å². The number of piperidine rings is 1. The quantitative estimate of drug-likeness (QED) is 0.872. The van der Waals surface area contributed by atoms with E-state index in [1.807, 2.05) is 12.1 Å². The Labute approximate surface area is 122 Å². The minimum absolute atomic E-state index is 0.281. The number of amides is 1. The number of aliphatic carboxylic acids is 1. The van der Waals surface area contributed by atoms with Gasteiger partial charge in [0.05, 0.1) is 0 Å². The first-order chi connectivity index (χ1) is 9.59. The Hall–Kier alpha value is -1.81. The minimum Gasteiger partial charge on any atom is -0.480 e. The summed E-state index contributed by atoms with van der Waals surface area (Å²) in [4.78, 5) is 24.7. The third-order valence-electron chi connectivity index (χ3n) is 3.38. The molecule has 0 aromatic heterocycles. The highest BCUT2D eigenvalue weighted by Gasteiger charge is 2.30. The molecule has 1 aliphatic heterocycles. The lowest BCUT2D eigenvalue weighted by atomic mass is 10.0. The molecule has 0 saturated carbocycles. The van der Waals surface area contributed by atoms with Crippen LogP contribution >= 0.6 is 11.6 Å². The average molecular weight is 294 g/mol. The van der Waals surface area contributed by atoms with Crippen LogP contribution in [0.5, 0.6) is 0 Å². The van der Waals surface area contributed by atoms with Gasteiger partial charge in [-0.15, -0.1) is 0 Å². The summed E-state index contributed by atoms with van der Waals surface area (Å²) in [7, 11) is 0. The number of carbonyl (C=O) groups is 2. The molecule has 1 N–H and O–H groups in total. The fraction of sp³-hybridized carbons (Fsp3) is 0.333. The minimum atomic E-state index is -0.941. The molecule has 1 heterocycles. The summed E-state index contributed by atoms with van der Waals surface area (Å²) in [5.41, 5.74) is 0.742. The van der Waals surface area contributed by atoms with Crippen molar-refractivity contribution in [2.45, 2.75) is 25.3 Å². The van der Waals surface area contributed by atoms with Crippen LogP contribution in [-0.4, -0.2) is 34.5 Å². The third kappa shape index (κ3) is 3.39. The molecule has 0 spiro atoms. The van der Waals surface area contributed by atoms with E-state index >= 15 is 0 Å². The van der Waals surface area contributed by atoms with Gasteiger partial charge in [-0.1, -0.05) is 29.8 Å². The molecule has 1 atom stereocenters. The molecule has 1 amide bonds. The number of carboxylic acids is 1. The van der Waals surface area contributed by atoms with Crippen LogP contribution in [0, 0.1) is 0 Å². The molecule has 1 fully saturated rings. The van der Waals surface area contributed by atoms with E-state index in [1.54, 1.807) is 18.2 Å². The predicted molar refractivity (Wildman–Crippen MR) is 77.5 cm³/mol. The smallest absolute Gasteiger partial charge is 0.326 e. The van der Waals surface area contributed by atoms with E-state index in [0.717, 1.165) is 18.4 Å². The van der Waals surface area contributed by atoms with Gasteiger partial charge in [0, 0.05) is 17.6 Å². The Kier molecular flexibility index (Phi) is 4.79. The van der Waals surface area contributed by atoms with Crippen molar-refractivity contribution in [3.63, 3.8) is 0 Å². The molecular weight excluding hydrogens is 278 g/mol. The molecule has 106 valence electrons. The fourth-order valence-corrected chi connectivity index (χ4v) is 2.52. The van der Waals surface area contributed by atoms with Crippen LogP contribution in [-0.2, 0) is 9.59 Å². The predicted octanol–water partition coefficient (Wildman–Crippen LogP) is 2.82.